The third-order valence-electron chi connectivity index (χ3n) is 7.79. The predicted octanol–water partition coefficient (Wildman–Crippen LogP) is 8.32. The highest BCUT2D eigenvalue weighted by molar-refractivity contribution is 6.07. The van der Waals surface area contributed by atoms with Crippen molar-refractivity contribution in [1.29, 1.82) is 0 Å². The normalized spacial score (nSPS) is 21.7. The second kappa shape index (κ2) is 11.3. The summed E-state index contributed by atoms with van der Waals surface area (Å²) in [5, 5.41) is 3.69. The van der Waals surface area contributed by atoms with Gasteiger partial charge in [0.15, 0.2) is 0 Å². The molecular weight excluding hydrogens is 433 g/mol. The van der Waals surface area contributed by atoms with Crippen LogP contribution in [-0.2, 0) is 6.42 Å². The molecule has 1 aliphatic carbocycles. The Hall–Kier alpha value is -2.75. The minimum Gasteiger partial charge on any atom is -0.385 e. The second-order valence-electron chi connectivity index (χ2n) is 10.5. The smallest absolute Gasteiger partial charge is 0.125 e. The molecule has 1 saturated carbocycles. The maximum absolute atomic E-state index is 13.6. The Labute approximate surface area is 210 Å². The number of hydrogen-bond acceptors (Lipinski definition) is 3. The molecule has 1 aliphatic heterocycles. The van der Waals surface area contributed by atoms with Gasteiger partial charge in [0.05, 0.1) is 17.9 Å². The fraction of sp³-hybridized carbons (Fsp3) is 0.484. The van der Waals surface area contributed by atoms with Crippen LogP contribution in [0.1, 0.15) is 76.8 Å². The van der Waals surface area contributed by atoms with Crippen LogP contribution in [-0.4, -0.2) is 24.5 Å². The third kappa shape index (κ3) is 6.09. The van der Waals surface area contributed by atoms with Gasteiger partial charge in [0.25, 0.3) is 0 Å². The average Bonchev–Trinajstić information content (AvgIpc) is 3.46. The first-order valence-electron chi connectivity index (χ1n) is 13.3. The highest BCUT2D eigenvalue weighted by atomic mass is 19.1. The lowest BCUT2D eigenvalue weighted by Gasteiger charge is -2.31. The maximum atomic E-state index is 13.6. The number of nitrogens with zero attached hydrogens (tertiary/aromatic N) is 2. The van der Waals surface area contributed by atoms with Gasteiger partial charge >= 0.3 is 0 Å². The van der Waals surface area contributed by atoms with Crippen molar-refractivity contribution in [2.24, 2.45) is 21.3 Å². The number of nitrogens with one attached hydrogen (secondary N) is 1. The first-order valence-corrected chi connectivity index (χ1v) is 13.3. The number of aliphatic imine (C=N–C) groups is 2. The Morgan fingerprint density at radius 3 is 2.86 bits per heavy atom. The van der Waals surface area contributed by atoms with E-state index in [0.29, 0.717) is 5.92 Å². The zero-order valence-electron chi connectivity index (χ0n) is 21.7. The van der Waals surface area contributed by atoms with E-state index in [0.717, 1.165) is 60.6 Å². The van der Waals surface area contributed by atoms with E-state index in [4.69, 9.17) is 9.98 Å². The monoisotopic (exact) mass is 473 g/mol. The summed E-state index contributed by atoms with van der Waals surface area (Å²) in [6, 6.07) is 13.4. The molecule has 3 nitrogen and oxygen atoms in total. The minimum atomic E-state index is -0.231. The maximum Gasteiger partial charge on any atom is 0.125 e. The van der Waals surface area contributed by atoms with E-state index >= 15 is 0 Å². The lowest BCUT2D eigenvalue weighted by Crippen LogP contribution is -2.23. The standard InChI is InChI=1S/C31H40FN3/c1-5-8-23(4)33-20-22(3)31(14-6-2)15-13-24(19-31)21-34-28-10-7-9-25(16-28)29-17-26-11-12-27(32)18-30(26)35-29/h7,9-12,16,18,24,34H,3,5-6,8,13-15,17,19-21H2,1-2,4H3/b33-23+. The molecule has 2 aliphatic rings. The molecule has 1 fully saturated rings. The van der Waals surface area contributed by atoms with Crippen molar-refractivity contribution in [2.75, 3.05) is 18.4 Å². The summed E-state index contributed by atoms with van der Waals surface area (Å²) in [4.78, 5) is 9.53. The number of benzene rings is 2. The second-order valence-corrected chi connectivity index (χ2v) is 10.5. The molecule has 186 valence electrons. The minimum absolute atomic E-state index is 0.231. The van der Waals surface area contributed by atoms with Crippen molar-refractivity contribution in [3.05, 3.63) is 71.6 Å². The van der Waals surface area contributed by atoms with Crippen LogP contribution in [0.3, 0.4) is 0 Å². The van der Waals surface area contributed by atoms with Crippen molar-refractivity contribution in [2.45, 2.75) is 72.1 Å². The van der Waals surface area contributed by atoms with E-state index < -0.39 is 0 Å². The Morgan fingerprint density at radius 1 is 1.20 bits per heavy atom. The number of hydrogen-bond donors (Lipinski definition) is 1. The molecule has 0 amide bonds. The van der Waals surface area contributed by atoms with Crippen LogP contribution in [0.5, 0.6) is 0 Å². The van der Waals surface area contributed by atoms with Crippen LogP contribution >= 0.6 is 0 Å². The summed E-state index contributed by atoms with van der Waals surface area (Å²) in [5.41, 5.74) is 7.89. The topological polar surface area (TPSA) is 36.8 Å². The predicted molar refractivity (Wildman–Crippen MR) is 148 cm³/mol. The molecular formula is C31H40FN3. The summed E-state index contributed by atoms with van der Waals surface area (Å²) in [5.74, 6) is 0.407. The van der Waals surface area contributed by atoms with Crippen LogP contribution in [0.15, 0.2) is 64.6 Å². The Balaban J connectivity index is 1.37. The molecule has 2 aromatic rings. The molecule has 0 saturated heterocycles. The Morgan fingerprint density at radius 2 is 2.06 bits per heavy atom. The van der Waals surface area contributed by atoms with E-state index in [2.05, 4.69) is 56.9 Å². The van der Waals surface area contributed by atoms with Crippen molar-refractivity contribution in [3.8, 4) is 0 Å². The molecule has 2 unspecified atom stereocenters. The van der Waals surface area contributed by atoms with Gasteiger partial charge in [-0.15, -0.1) is 0 Å². The van der Waals surface area contributed by atoms with Gasteiger partial charge < -0.3 is 5.32 Å². The molecule has 2 atom stereocenters. The van der Waals surface area contributed by atoms with Gasteiger partial charge in [-0.2, -0.15) is 0 Å². The van der Waals surface area contributed by atoms with E-state index in [-0.39, 0.29) is 11.2 Å². The third-order valence-corrected chi connectivity index (χ3v) is 7.79. The van der Waals surface area contributed by atoms with Gasteiger partial charge in [-0.05, 0) is 91.3 Å². The lowest BCUT2D eigenvalue weighted by molar-refractivity contribution is 0.317. The number of rotatable bonds is 11. The van der Waals surface area contributed by atoms with Gasteiger partial charge in [0, 0.05) is 24.4 Å². The molecule has 4 heteroatoms. The molecule has 1 heterocycles. The van der Waals surface area contributed by atoms with Gasteiger partial charge in [0.2, 0.25) is 0 Å². The zero-order chi connectivity index (χ0) is 24.8. The highest BCUT2D eigenvalue weighted by Gasteiger charge is 2.40. The van der Waals surface area contributed by atoms with Gasteiger partial charge in [-0.25, -0.2) is 4.39 Å². The molecule has 4 rings (SSSR count). The van der Waals surface area contributed by atoms with Crippen molar-refractivity contribution < 1.29 is 4.39 Å². The summed E-state index contributed by atoms with van der Waals surface area (Å²) in [7, 11) is 0. The molecule has 35 heavy (non-hydrogen) atoms. The van der Waals surface area contributed by atoms with E-state index in [1.54, 1.807) is 0 Å². The summed E-state index contributed by atoms with van der Waals surface area (Å²) in [6.07, 6.45) is 9.03. The van der Waals surface area contributed by atoms with Gasteiger partial charge in [-0.1, -0.05) is 51.5 Å². The fourth-order valence-corrected chi connectivity index (χ4v) is 5.85. The van der Waals surface area contributed by atoms with Crippen LogP contribution in [0, 0.1) is 17.2 Å². The van der Waals surface area contributed by atoms with Crippen molar-refractivity contribution in [3.63, 3.8) is 0 Å². The number of fused-ring (bicyclic) bond motifs is 1. The molecule has 2 aromatic carbocycles. The molecule has 0 aromatic heterocycles. The number of anilines is 1. The zero-order valence-corrected chi connectivity index (χ0v) is 21.7. The van der Waals surface area contributed by atoms with Crippen molar-refractivity contribution in [1.82, 2.24) is 0 Å². The van der Waals surface area contributed by atoms with Gasteiger partial charge in [-0.3, -0.25) is 9.98 Å². The van der Waals surface area contributed by atoms with Crippen LogP contribution in [0.25, 0.3) is 0 Å². The van der Waals surface area contributed by atoms with Crippen LogP contribution < -0.4 is 5.32 Å². The lowest BCUT2D eigenvalue weighted by atomic mass is 9.75. The van der Waals surface area contributed by atoms with E-state index in [1.807, 2.05) is 6.07 Å². The first-order chi connectivity index (χ1) is 16.9. The van der Waals surface area contributed by atoms with Gasteiger partial charge in [0.1, 0.15) is 5.82 Å². The largest absolute Gasteiger partial charge is 0.385 e. The molecule has 0 bridgehead atoms. The first kappa shape index (κ1) is 25.3. The molecule has 0 spiro atoms. The van der Waals surface area contributed by atoms with Crippen LogP contribution in [0.2, 0.25) is 0 Å². The highest BCUT2D eigenvalue weighted by Crippen LogP contribution is 2.50. The summed E-state index contributed by atoms with van der Waals surface area (Å²) in [6.45, 7) is 12.9. The SMILES string of the molecule is C=C(C/N=C(\C)CCC)C1(CCC)CCC(CNc2cccc(C3=Nc4cc(F)ccc4C3)c2)C1. The quantitative estimate of drug-likeness (QED) is 0.258. The Kier molecular flexibility index (Phi) is 8.20. The van der Waals surface area contributed by atoms with Crippen molar-refractivity contribution >= 4 is 22.8 Å². The summed E-state index contributed by atoms with van der Waals surface area (Å²) < 4.78 is 13.6. The van der Waals surface area contributed by atoms with E-state index in [9.17, 15) is 4.39 Å². The van der Waals surface area contributed by atoms with E-state index in [1.165, 1.54) is 55.5 Å². The fourth-order valence-electron chi connectivity index (χ4n) is 5.85. The molecule has 0 radical (unpaired) electrons. The average molecular weight is 474 g/mol. The summed E-state index contributed by atoms with van der Waals surface area (Å²) >= 11 is 0. The Bertz CT molecular complexity index is 1120. The molecule has 1 N–H and O–H groups in total. The van der Waals surface area contributed by atoms with Crippen LogP contribution in [0.4, 0.5) is 15.8 Å². The number of halogens is 1.